The molecular formula is C4H7NO2S. The van der Waals surface area contributed by atoms with Crippen LogP contribution in [-0.4, -0.2) is 29.9 Å². The molecule has 0 aromatic carbocycles. The van der Waals surface area contributed by atoms with Gasteiger partial charge in [-0.15, -0.1) is 0 Å². The standard InChI is InChI=1S/C4H7NO2S/c1-5(2)4(7)8-3-6/h3H,1-2H3. The first-order valence-corrected chi connectivity index (χ1v) is 2.88. The van der Waals surface area contributed by atoms with Crippen LogP contribution in [0.1, 0.15) is 0 Å². The molecule has 0 aliphatic carbocycles. The van der Waals surface area contributed by atoms with Crippen molar-refractivity contribution >= 4 is 22.6 Å². The van der Waals surface area contributed by atoms with Crippen LogP contribution in [0.2, 0.25) is 0 Å². The summed E-state index contributed by atoms with van der Waals surface area (Å²) >= 11 is 0.646. The molecule has 0 atom stereocenters. The maximum Gasteiger partial charge on any atom is 0.288 e. The zero-order valence-electron chi connectivity index (χ0n) is 4.75. The normalized spacial score (nSPS) is 8.25. The molecule has 8 heavy (non-hydrogen) atoms. The average molecular weight is 133 g/mol. The van der Waals surface area contributed by atoms with Crippen molar-refractivity contribution in [2.75, 3.05) is 14.1 Å². The fraction of sp³-hybridized carbons (Fsp3) is 0.500. The molecule has 0 rings (SSSR count). The molecule has 3 nitrogen and oxygen atoms in total. The Labute approximate surface area is 52.0 Å². The van der Waals surface area contributed by atoms with Crippen molar-refractivity contribution in [2.24, 2.45) is 0 Å². The maximum atomic E-state index is 10.4. The van der Waals surface area contributed by atoms with Gasteiger partial charge in [-0.2, -0.15) is 0 Å². The zero-order chi connectivity index (χ0) is 6.57. The van der Waals surface area contributed by atoms with Crippen LogP contribution < -0.4 is 0 Å². The summed E-state index contributed by atoms with van der Waals surface area (Å²) < 4.78 is 0. The second-order valence-electron chi connectivity index (χ2n) is 1.37. The summed E-state index contributed by atoms with van der Waals surface area (Å²) in [6.07, 6.45) is 0. The molecule has 0 saturated carbocycles. The van der Waals surface area contributed by atoms with E-state index >= 15 is 0 Å². The lowest BCUT2D eigenvalue weighted by Crippen LogP contribution is -2.15. The van der Waals surface area contributed by atoms with Gasteiger partial charge in [0.25, 0.3) is 5.24 Å². The van der Waals surface area contributed by atoms with E-state index in [0.29, 0.717) is 17.4 Å². The van der Waals surface area contributed by atoms with E-state index in [4.69, 9.17) is 0 Å². The Morgan fingerprint density at radius 2 is 2.12 bits per heavy atom. The van der Waals surface area contributed by atoms with Gasteiger partial charge in [0.1, 0.15) is 0 Å². The average Bonchev–Trinajstić information content (AvgIpc) is 1.67. The Bertz CT molecular complexity index is 102. The minimum atomic E-state index is -0.236. The molecule has 4 heteroatoms. The first-order valence-electron chi connectivity index (χ1n) is 2.00. The van der Waals surface area contributed by atoms with Crippen molar-refractivity contribution in [3.63, 3.8) is 0 Å². The van der Waals surface area contributed by atoms with E-state index in [-0.39, 0.29) is 5.24 Å². The fourth-order valence-electron chi connectivity index (χ4n) is 0.147. The van der Waals surface area contributed by atoms with Crippen LogP contribution in [0, 0.1) is 0 Å². The van der Waals surface area contributed by atoms with Crippen LogP contribution in [-0.2, 0) is 4.79 Å². The van der Waals surface area contributed by atoms with Gasteiger partial charge in [-0.25, -0.2) is 0 Å². The van der Waals surface area contributed by atoms with Gasteiger partial charge in [0, 0.05) is 25.9 Å². The number of amides is 1. The molecule has 0 unspecified atom stereocenters. The van der Waals surface area contributed by atoms with Crippen molar-refractivity contribution in [1.29, 1.82) is 0 Å². The van der Waals surface area contributed by atoms with Crippen LogP contribution in [0.3, 0.4) is 0 Å². The molecule has 0 fully saturated rings. The SMILES string of the molecule is CN(C)C(=O)SC=O. The minimum Gasteiger partial charge on any atom is -0.339 e. The predicted molar refractivity (Wildman–Crippen MR) is 33.4 cm³/mol. The summed E-state index contributed by atoms with van der Waals surface area (Å²) in [6.45, 7) is 0. The highest BCUT2D eigenvalue weighted by Gasteiger charge is 2.00. The summed E-state index contributed by atoms with van der Waals surface area (Å²) in [5.74, 6) is 0. The summed E-state index contributed by atoms with van der Waals surface area (Å²) in [4.78, 5) is 21.4. The van der Waals surface area contributed by atoms with Gasteiger partial charge in [-0.1, -0.05) is 0 Å². The van der Waals surface area contributed by atoms with E-state index < -0.39 is 0 Å². The summed E-state index contributed by atoms with van der Waals surface area (Å²) in [6, 6.07) is 0. The monoisotopic (exact) mass is 133 g/mol. The van der Waals surface area contributed by atoms with E-state index in [1.54, 1.807) is 14.1 Å². The number of nitrogens with zero attached hydrogens (tertiary/aromatic N) is 1. The molecular weight excluding hydrogens is 126 g/mol. The Morgan fingerprint density at radius 3 is 2.25 bits per heavy atom. The highest BCUT2D eigenvalue weighted by atomic mass is 32.2. The number of carbonyl (C=O) groups excluding carboxylic acids is 2. The molecule has 0 spiro atoms. The van der Waals surface area contributed by atoms with E-state index in [9.17, 15) is 9.59 Å². The number of rotatable bonds is 1. The first-order chi connectivity index (χ1) is 3.68. The molecule has 1 amide bonds. The fourth-order valence-corrected chi connectivity index (χ4v) is 0.440. The molecule has 0 aliphatic rings. The van der Waals surface area contributed by atoms with Crippen molar-refractivity contribution in [1.82, 2.24) is 4.90 Å². The van der Waals surface area contributed by atoms with E-state index in [0.717, 1.165) is 0 Å². The molecule has 0 radical (unpaired) electrons. The number of hydrogen-bond acceptors (Lipinski definition) is 3. The molecule has 0 aromatic heterocycles. The molecule has 0 aliphatic heterocycles. The third kappa shape index (κ3) is 2.63. The van der Waals surface area contributed by atoms with Crippen LogP contribution in [0.25, 0.3) is 0 Å². The molecule has 0 heterocycles. The van der Waals surface area contributed by atoms with E-state index in [1.807, 2.05) is 0 Å². The topological polar surface area (TPSA) is 37.4 Å². The van der Waals surface area contributed by atoms with Crippen LogP contribution >= 0.6 is 11.8 Å². The van der Waals surface area contributed by atoms with Gasteiger partial charge >= 0.3 is 0 Å². The van der Waals surface area contributed by atoms with Gasteiger partial charge in [0.15, 0.2) is 5.62 Å². The van der Waals surface area contributed by atoms with Gasteiger partial charge < -0.3 is 4.90 Å². The summed E-state index contributed by atoms with van der Waals surface area (Å²) in [5, 5.41) is -0.236. The molecule has 0 bridgehead atoms. The first kappa shape index (κ1) is 7.49. The van der Waals surface area contributed by atoms with Crippen LogP contribution in [0.15, 0.2) is 0 Å². The molecule has 0 saturated heterocycles. The Balaban J connectivity index is 3.48. The lowest BCUT2D eigenvalue weighted by atomic mass is 11.0. The number of thioether (sulfide) groups is 1. The van der Waals surface area contributed by atoms with Crippen molar-refractivity contribution < 1.29 is 9.59 Å². The van der Waals surface area contributed by atoms with Crippen LogP contribution in [0.5, 0.6) is 0 Å². The zero-order valence-corrected chi connectivity index (χ0v) is 5.57. The van der Waals surface area contributed by atoms with Gasteiger partial charge in [-0.3, -0.25) is 9.59 Å². The smallest absolute Gasteiger partial charge is 0.288 e. The van der Waals surface area contributed by atoms with Crippen molar-refractivity contribution in [2.45, 2.75) is 0 Å². The largest absolute Gasteiger partial charge is 0.339 e. The van der Waals surface area contributed by atoms with Gasteiger partial charge in [0.05, 0.1) is 0 Å². The Hall–Kier alpha value is -0.510. The van der Waals surface area contributed by atoms with Crippen LogP contribution in [0.4, 0.5) is 4.79 Å². The van der Waals surface area contributed by atoms with E-state index in [2.05, 4.69) is 0 Å². The molecule has 0 N–H and O–H groups in total. The van der Waals surface area contributed by atoms with E-state index in [1.165, 1.54) is 4.90 Å². The highest BCUT2D eigenvalue weighted by Crippen LogP contribution is 1.98. The Morgan fingerprint density at radius 1 is 1.62 bits per heavy atom. The highest BCUT2D eigenvalue weighted by molar-refractivity contribution is 8.24. The second-order valence-corrected chi connectivity index (χ2v) is 2.15. The minimum absolute atomic E-state index is 0.236. The molecule has 46 valence electrons. The quantitative estimate of drug-likeness (QED) is 0.491. The van der Waals surface area contributed by atoms with Gasteiger partial charge in [0.2, 0.25) is 0 Å². The maximum absolute atomic E-state index is 10.4. The third-order valence-corrected chi connectivity index (χ3v) is 1.18. The number of carbonyl (C=O) groups is 2. The van der Waals surface area contributed by atoms with Crippen molar-refractivity contribution in [3.05, 3.63) is 0 Å². The lowest BCUT2D eigenvalue weighted by molar-refractivity contribution is 0.241. The molecule has 0 aromatic rings. The summed E-state index contributed by atoms with van der Waals surface area (Å²) in [7, 11) is 3.19. The summed E-state index contributed by atoms with van der Waals surface area (Å²) in [5.41, 5.74) is 0.516. The number of hydrogen-bond donors (Lipinski definition) is 0. The third-order valence-electron chi connectivity index (χ3n) is 0.514. The second kappa shape index (κ2) is 3.49. The van der Waals surface area contributed by atoms with Gasteiger partial charge in [-0.05, 0) is 0 Å². The predicted octanol–water partition coefficient (Wildman–Crippen LogP) is 0.591. The van der Waals surface area contributed by atoms with Crippen molar-refractivity contribution in [3.8, 4) is 0 Å². The Kier molecular flexibility index (Phi) is 3.26. The lowest BCUT2D eigenvalue weighted by Gasteiger charge is -2.04.